The van der Waals surface area contributed by atoms with Crippen LogP contribution in [0.1, 0.15) is 24.6 Å². The number of piperidine rings is 1. The Bertz CT molecular complexity index is 407. The van der Waals surface area contributed by atoms with E-state index >= 15 is 0 Å². The molecule has 0 aliphatic carbocycles. The monoisotopic (exact) mass is 273 g/mol. The molecule has 1 fully saturated rings. The molecular formula is C12H16ClNO2S. The zero-order valence-corrected chi connectivity index (χ0v) is 11.3. The van der Waals surface area contributed by atoms with E-state index in [1.54, 1.807) is 11.3 Å². The van der Waals surface area contributed by atoms with E-state index in [9.17, 15) is 4.79 Å². The number of aliphatic carboxylic acids is 1. The standard InChI is InChI=1S/C12H16ClNO2S/c1-8-2-3-9(12(15)16)6-14(8)7-11-10(13)4-5-17-11/h4-5,8-9H,2-3,6-7H2,1H3,(H,15,16). The zero-order chi connectivity index (χ0) is 12.4. The molecule has 0 radical (unpaired) electrons. The van der Waals surface area contributed by atoms with Gasteiger partial charge in [0, 0.05) is 24.0 Å². The molecule has 3 nitrogen and oxygen atoms in total. The van der Waals surface area contributed by atoms with Crippen LogP contribution in [0.25, 0.3) is 0 Å². The number of likely N-dealkylation sites (tertiary alicyclic amines) is 1. The first-order valence-electron chi connectivity index (χ1n) is 5.76. The lowest BCUT2D eigenvalue weighted by molar-refractivity contribution is -0.144. The molecule has 0 spiro atoms. The normalized spacial score (nSPS) is 26.0. The van der Waals surface area contributed by atoms with Crippen molar-refractivity contribution in [1.82, 2.24) is 4.90 Å². The van der Waals surface area contributed by atoms with Gasteiger partial charge in [0.25, 0.3) is 0 Å². The average Bonchev–Trinajstić information content (AvgIpc) is 2.67. The van der Waals surface area contributed by atoms with Crippen molar-refractivity contribution in [1.29, 1.82) is 0 Å². The Kier molecular flexibility index (Phi) is 4.07. The van der Waals surface area contributed by atoms with Crippen LogP contribution in [0.3, 0.4) is 0 Å². The molecule has 5 heteroatoms. The molecule has 17 heavy (non-hydrogen) atoms. The molecule has 1 aliphatic heterocycles. The third-order valence-electron chi connectivity index (χ3n) is 3.40. The highest BCUT2D eigenvalue weighted by Crippen LogP contribution is 2.28. The summed E-state index contributed by atoms with van der Waals surface area (Å²) in [6.07, 6.45) is 1.73. The predicted molar refractivity (Wildman–Crippen MR) is 69.6 cm³/mol. The average molecular weight is 274 g/mol. The smallest absolute Gasteiger partial charge is 0.307 e. The Balaban J connectivity index is 2.03. The minimum absolute atomic E-state index is 0.232. The number of carboxylic acids is 1. The first-order valence-corrected chi connectivity index (χ1v) is 7.02. The van der Waals surface area contributed by atoms with Crippen LogP contribution >= 0.6 is 22.9 Å². The Hall–Kier alpha value is -0.580. The summed E-state index contributed by atoms with van der Waals surface area (Å²) in [5, 5.41) is 11.8. The number of nitrogens with zero attached hydrogens (tertiary/aromatic N) is 1. The second-order valence-electron chi connectivity index (χ2n) is 4.58. The van der Waals surface area contributed by atoms with Gasteiger partial charge in [-0.15, -0.1) is 11.3 Å². The third kappa shape index (κ3) is 3.00. The van der Waals surface area contributed by atoms with Crippen molar-refractivity contribution in [2.75, 3.05) is 6.54 Å². The lowest BCUT2D eigenvalue weighted by Crippen LogP contribution is -2.43. The molecule has 1 aromatic rings. The Morgan fingerprint density at radius 1 is 1.65 bits per heavy atom. The summed E-state index contributed by atoms with van der Waals surface area (Å²) in [5.41, 5.74) is 0. The maximum absolute atomic E-state index is 11.0. The maximum atomic E-state index is 11.0. The summed E-state index contributed by atoms with van der Waals surface area (Å²) in [6, 6.07) is 2.33. The van der Waals surface area contributed by atoms with E-state index in [1.807, 2.05) is 11.4 Å². The van der Waals surface area contributed by atoms with Gasteiger partial charge in [0.15, 0.2) is 0 Å². The number of carbonyl (C=O) groups is 1. The van der Waals surface area contributed by atoms with Gasteiger partial charge in [-0.25, -0.2) is 0 Å². The van der Waals surface area contributed by atoms with Crippen molar-refractivity contribution in [2.24, 2.45) is 5.92 Å². The van der Waals surface area contributed by atoms with Gasteiger partial charge in [0.2, 0.25) is 0 Å². The quantitative estimate of drug-likeness (QED) is 0.920. The molecule has 1 saturated heterocycles. The van der Waals surface area contributed by atoms with E-state index in [2.05, 4.69) is 11.8 Å². The molecule has 0 aromatic carbocycles. The van der Waals surface area contributed by atoms with Crippen LogP contribution in [0, 0.1) is 5.92 Å². The number of rotatable bonds is 3. The van der Waals surface area contributed by atoms with Crippen LogP contribution in [0.2, 0.25) is 5.02 Å². The summed E-state index contributed by atoms with van der Waals surface area (Å²) in [7, 11) is 0. The highest BCUT2D eigenvalue weighted by molar-refractivity contribution is 7.10. The van der Waals surface area contributed by atoms with Gasteiger partial charge < -0.3 is 5.11 Å². The second kappa shape index (κ2) is 5.38. The fourth-order valence-corrected chi connectivity index (χ4v) is 3.34. The molecule has 0 bridgehead atoms. The summed E-state index contributed by atoms with van der Waals surface area (Å²) in [5.74, 6) is -0.913. The third-order valence-corrected chi connectivity index (χ3v) is 4.77. The minimum atomic E-state index is -0.681. The predicted octanol–water partition coefficient (Wildman–Crippen LogP) is 3.09. The van der Waals surface area contributed by atoms with Gasteiger partial charge in [-0.05, 0) is 31.2 Å². The molecule has 1 N–H and O–H groups in total. The van der Waals surface area contributed by atoms with Crippen molar-refractivity contribution in [2.45, 2.75) is 32.4 Å². The van der Waals surface area contributed by atoms with Crippen molar-refractivity contribution >= 4 is 28.9 Å². The van der Waals surface area contributed by atoms with E-state index in [0.717, 1.165) is 29.3 Å². The van der Waals surface area contributed by atoms with E-state index < -0.39 is 5.97 Å². The molecule has 2 unspecified atom stereocenters. The fraction of sp³-hybridized carbons (Fsp3) is 0.583. The van der Waals surface area contributed by atoms with Crippen LogP contribution in [0.5, 0.6) is 0 Å². The molecular weight excluding hydrogens is 258 g/mol. The van der Waals surface area contributed by atoms with Crippen molar-refractivity contribution in [3.8, 4) is 0 Å². The summed E-state index contributed by atoms with van der Waals surface area (Å²) in [4.78, 5) is 14.4. The van der Waals surface area contributed by atoms with E-state index in [0.29, 0.717) is 12.6 Å². The first-order chi connectivity index (χ1) is 8.08. The van der Waals surface area contributed by atoms with E-state index in [1.165, 1.54) is 0 Å². The van der Waals surface area contributed by atoms with Gasteiger partial charge in [-0.2, -0.15) is 0 Å². The van der Waals surface area contributed by atoms with Gasteiger partial charge in [-0.3, -0.25) is 9.69 Å². The number of thiophene rings is 1. The molecule has 94 valence electrons. The van der Waals surface area contributed by atoms with Crippen molar-refractivity contribution in [3.63, 3.8) is 0 Å². The summed E-state index contributed by atoms with van der Waals surface area (Å²) in [6.45, 7) is 3.55. The second-order valence-corrected chi connectivity index (χ2v) is 5.99. The molecule has 1 aliphatic rings. The lowest BCUT2D eigenvalue weighted by atomic mass is 9.93. The molecule has 1 aromatic heterocycles. The lowest BCUT2D eigenvalue weighted by Gasteiger charge is -2.36. The number of carboxylic acid groups (broad SMARTS) is 1. The van der Waals surface area contributed by atoms with Crippen LogP contribution in [0.4, 0.5) is 0 Å². The summed E-state index contributed by atoms with van der Waals surface area (Å²) >= 11 is 7.71. The molecule has 2 rings (SSSR count). The minimum Gasteiger partial charge on any atom is -0.481 e. The first kappa shape index (κ1) is 12.9. The van der Waals surface area contributed by atoms with Gasteiger partial charge in [0.05, 0.1) is 10.9 Å². The number of halogens is 1. The van der Waals surface area contributed by atoms with Crippen molar-refractivity contribution in [3.05, 3.63) is 21.3 Å². The van der Waals surface area contributed by atoms with Crippen LogP contribution in [-0.2, 0) is 11.3 Å². The SMILES string of the molecule is CC1CCC(C(=O)O)CN1Cc1sccc1Cl. The van der Waals surface area contributed by atoms with Crippen LogP contribution < -0.4 is 0 Å². The van der Waals surface area contributed by atoms with Gasteiger partial charge in [-0.1, -0.05) is 11.6 Å². The molecule has 2 atom stereocenters. The molecule has 0 amide bonds. The summed E-state index contributed by atoms with van der Waals surface area (Å²) < 4.78 is 0. The van der Waals surface area contributed by atoms with Gasteiger partial charge in [0.1, 0.15) is 0 Å². The zero-order valence-electron chi connectivity index (χ0n) is 9.73. The Morgan fingerprint density at radius 3 is 3.00 bits per heavy atom. The van der Waals surface area contributed by atoms with Crippen LogP contribution in [0.15, 0.2) is 11.4 Å². The topological polar surface area (TPSA) is 40.5 Å². The molecule has 0 saturated carbocycles. The highest BCUT2D eigenvalue weighted by Gasteiger charge is 2.29. The molecule has 2 heterocycles. The largest absolute Gasteiger partial charge is 0.481 e. The highest BCUT2D eigenvalue weighted by atomic mass is 35.5. The Labute approximate surface area is 110 Å². The maximum Gasteiger partial charge on any atom is 0.307 e. The Morgan fingerprint density at radius 2 is 2.41 bits per heavy atom. The van der Waals surface area contributed by atoms with E-state index in [4.69, 9.17) is 16.7 Å². The fourth-order valence-electron chi connectivity index (χ4n) is 2.22. The van der Waals surface area contributed by atoms with Crippen molar-refractivity contribution < 1.29 is 9.90 Å². The van der Waals surface area contributed by atoms with E-state index in [-0.39, 0.29) is 5.92 Å². The van der Waals surface area contributed by atoms with Crippen LogP contribution in [-0.4, -0.2) is 28.6 Å². The number of hydrogen-bond acceptors (Lipinski definition) is 3. The van der Waals surface area contributed by atoms with Gasteiger partial charge >= 0.3 is 5.97 Å². The number of hydrogen-bond donors (Lipinski definition) is 1.